The van der Waals surface area contributed by atoms with Crippen molar-refractivity contribution in [1.29, 1.82) is 0 Å². The van der Waals surface area contributed by atoms with Gasteiger partial charge in [0.2, 0.25) is 0 Å². The summed E-state index contributed by atoms with van der Waals surface area (Å²) in [5.74, 6) is 0.499. The number of hydrogen-bond donors (Lipinski definition) is 2. The number of anilines is 2. The molecule has 0 fully saturated rings. The topological polar surface area (TPSA) is 57.8 Å². The Morgan fingerprint density at radius 3 is 2.50 bits per heavy atom. The summed E-state index contributed by atoms with van der Waals surface area (Å²) >= 11 is 6.40. The molecule has 3 rings (SSSR count). The Bertz CT molecular complexity index is 900. The predicted octanol–water partition coefficient (Wildman–Crippen LogP) is 5.52. The lowest BCUT2D eigenvalue weighted by atomic mass is 10.0. The number of furan rings is 1. The van der Waals surface area contributed by atoms with Gasteiger partial charge in [-0.25, -0.2) is 0 Å². The van der Waals surface area contributed by atoms with Crippen LogP contribution in [0.15, 0.2) is 64.4 Å². The van der Waals surface area contributed by atoms with E-state index in [0.717, 1.165) is 22.5 Å². The van der Waals surface area contributed by atoms with Crippen LogP contribution >= 0.6 is 11.6 Å². The maximum absolute atomic E-state index is 9.39. The summed E-state index contributed by atoms with van der Waals surface area (Å²) in [5, 5.41) is 16.6. The van der Waals surface area contributed by atoms with Gasteiger partial charge in [0.25, 0.3) is 0 Å². The van der Waals surface area contributed by atoms with Gasteiger partial charge in [0, 0.05) is 16.9 Å². The zero-order valence-electron chi connectivity index (χ0n) is 13.4. The molecule has 4 nitrogen and oxygen atoms in total. The third kappa shape index (κ3) is 3.14. The van der Waals surface area contributed by atoms with E-state index >= 15 is 0 Å². The molecule has 0 spiro atoms. The van der Waals surface area contributed by atoms with Gasteiger partial charge >= 0.3 is 0 Å². The van der Waals surface area contributed by atoms with Crippen molar-refractivity contribution in [2.75, 3.05) is 5.32 Å². The summed E-state index contributed by atoms with van der Waals surface area (Å²) in [6.45, 7) is 3.92. The Balaban J connectivity index is 1.93. The van der Waals surface area contributed by atoms with Crippen LogP contribution in [0.4, 0.5) is 11.4 Å². The number of rotatable bonds is 4. The molecule has 0 bridgehead atoms. The van der Waals surface area contributed by atoms with Crippen molar-refractivity contribution >= 4 is 28.7 Å². The molecule has 0 saturated heterocycles. The first-order chi connectivity index (χ1) is 11.6. The third-order valence-corrected chi connectivity index (χ3v) is 4.14. The molecule has 0 aliphatic carbocycles. The summed E-state index contributed by atoms with van der Waals surface area (Å²) < 4.78 is 5.40. The number of nitrogens with one attached hydrogen (secondary N) is 1. The van der Waals surface area contributed by atoms with Crippen LogP contribution in [-0.2, 0) is 0 Å². The van der Waals surface area contributed by atoms with Gasteiger partial charge in [-0.2, -0.15) is 0 Å². The molecule has 3 aromatic rings. The minimum absolute atomic E-state index is 0.310. The summed E-state index contributed by atoms with van der Waals surface area (Å²) in [7, 11) is 0. The van der Waals surface area contributed by atoms with Crippen molar-refractivity contribution in [3.05, 3.63) is 82.3 Å². The van der Waals surface area contributed by atoms with Crippen molar-refractivity contribution in [3.63, 3.8) is 0 Å². The second-order valence-corrected chi connectivity index (χ2v) is 5.92. The SMILES string of the molecule is Cc1ccccc1Nc1ccc(C(=NO)c2occc2C)c(Cl)c1. The van der Waals surface area contributed by atoms with Crippen LogP contribution in [0.25, 0.3) is 0 Å². The molecule has 0 aliphatic heterocycles. The first kappa shape index (κ1) is 16.1. The lowest BCUT2D eigenvalue weighted by Crippen LogP contribution is -2.05. The zero-order valence-corrected chi connectivity index (χ0v) is 14.1. The van der Waals surface area contributed by atoms with Gasteiger partial charge in [0.05, 0.1) is 11.3 Å². The van der Waals surface area contributed by atoms with E-state index in [4.69, 9.17) is 16.0 Å². The Hall–Kier alpha value is -2.72. The van der Waals surface area contributed by atoms with Crippen LogP contribution in [0, 0.1) is 13.8 Å². The minimum Gasteiger partial charge on any atom is -0.462 e. The van der Waals surface area contributed by atoms with Crippen molar-refractivity contribution < 1.29 is 9.62 Å². The number of hydrogen-bond acceptors (Lipinski definition) is 4. The van der Waals surface area contributed by atoms with Gasteiger partial charge in [-0.05, 0) is 55.3 Å². The number of halogens is 1. The molecule has 1 aromatic heterocycles. The van der Waals surface area contributed by atoms with Crippen LogP contribution in [0.2, 0.25) is 5.02 Å². The molecule has 0 atom stereocenters. The second kappa shape index (κ2) is 6.81. The van der Waals surface area contributed by atoms with Gasteiger partial charge in [-0.3, -0.25) is 0 Å². The molecular weight excluding hydrogens is 324 g/mol. The smallest absolute Gasteiger partial charge is 0.159 e. The first-order valence-electron chi connectivity index (χ1n) is 7.49. The predicted molar refractivity (Wildman–Crippen MR) is 96.8 cm³/mol. The van der Waals surface area contributed by atoms with Crippen molar-refractivity contribution in [2.24, 2.45) is 5.16 Å². The lowest BCUT2D eigenvalue weighted by molar-refractivity contribution is 0.318. The van der Waals surface area contributed by atoms with Gasteiger partial charge in [-0.1, -0.05) is 35.0 Å². The van der Waals surface area contributed by atoms with Gasteiger partial charge in [0.15, 0.2) is 11.5 Å². The minimum atomic E-state index is 0.310. The van der Waals surface area contributed by atoms with E-state index in [1.807, 2.05) is 50.2 Å². The first-order valence-corrected chi connectivity index (χ1v) is 7.87. The van der Waals surface area contributed by atoms with E-state index in [1.165, 1.54) is 0 Å². The summed E-state index contributed by atoms with van der Waals surface area (Å²) in [6, 6.07) is 15.3. The van der Waals surface area contributed by atoms with Gasteiger partial charge in [0.1, 0.15) is 0 Å². The zero-order chi connectivity index (χ0) is 17.1. The van der Waals surface area contributed by atoms with Crippen molar-refractivity contribution in [2.45, 2.75) is 13.8 Å². The average molecular weight is 341 g/mol. The number of benzene rings is 2. The van der Waals surface area contributed by atoms with Crippen LogP contribution in [0.5, 0.6) is 0 Å². The number of aryl methyl sites for hydroxylation is 2. The third-order valence-electron chi connectivity index (χ3n) is 3.83. The number of oxime groups is 1. The standard InChI is InChI=1S/C19H17ClN2O2/c1-12-5-3-4-6-17(12)21-14-7-8-15(16(20)11-14)18(22-23)19-13(2)9-10-24-19/h3-11,21,23H,1-2H3. The normalized spacial score (nSPS) is 11.5. The van der Waals surface area contributed by atoms with Crippen LogP contribution in [0.1, 0.15) is 22.5 Å². The lowest BCUT2D eigenvalue weighted by Gasteiger charge is -2.12. The Morgan fingerprint density at radius 2 is 1.88 bits per heavy atom. The molecule has 0 saturated carbocycles. The van der Waals surface area contributed by atoms with Crippen LogP contribution < -0.4 is 5.32 Å². The highest BCUT2D eigenvalue weighted by molar-refractivity contribution is 6.35. The highest BCUT2D eigenvalue weighted by Gasteiger charge is 2.17. The highest BCUT2D eigenvalue weighted by atomic mass is 35.5. The molecule has 24 heavy (non-hydrogen) atoms. The quantitative estimate of drug-likeness (QED) is 0.373. The molecule has 5 heteroatoms. The maximum Gasteiger partial charge on any atom is 0.159 e. The number of para-hydroxylation sites is 1. The summed E-state index contributed by atoms with van der Waals surface area (Å²) in [5.41, 5.74) is 4.80. The number of nitrogens with zero attached hydrogens (tertiary/aromatic N) is 1. The van der Waals surface area contributed by atoms with Gasteiger partial charge < -0.3 is 14.9 Å². The van der Waals surface area contributed by atoms with E-state index in [-0.39, 0.29) is 0 Å². The second-order valence-electron chi connectivity index (χ2n) is 5.52. The molecule has 122 valence electrons. The fraction of sp³-hybridized carbons (Fsp3) is 0.105. The van der Waals surface area contributed by atoms with Crippen molar-refractivity contribution in [3.8, 4) is 0 Å². The maximum atomic E-state index is 9.39. The molecule has 2 aromatic carbocycles. The summed E-state index contributed by atoms with van der Waals surface area (Å²) in [4.78, 5) is 0. The highest BCUT2D eigenvalue weighted by Crippen LogP contribution is 2.28. The molecule has 1 heterocycles. The fourth-order valence-electron chi connectivity index (χ4n) is 2.49. The van der Waals surface area contributed by atoms with Crippen LogP contribution in [0.3, 0.4) is 0 Å². The van der Waals surface area contributed by atoms with E-state index in [1.54, 1.807) is 18.4 Å². The Morgan fingerprint density at radius 1 is 1.08 bits per heavy atom. The van der Waals surface area contributed by atoms with Crippen molar-refractivity contribution in [1.82, 2.24) is 0 Å². The Labute approximate surface area is 145 Å². The van der Waals surface area contributed by atoms with E-state index < -0.39 is 0 Å². The molecule has 0 radical (unpaired) electrons. The van der Waals surface area contributed by atoms with E-state index in [2.05, 4.69) is 10.5 Å². The van der Waals surface area contributed by atoms with E-state index in [9.17, 15) is 5.21 Å². The fourth-order valence-corrected chi connectivity index (χ4v) is 2.76. The van der Waals surface area contributed by atoms with Crippen LogP contribution in [-0.4, -0.2) is 10.9 Å². The van der Waals surface area contributed by atoms with Gasteiger partial charge in [-0.15, -0.1) is 0 Å². The molecule has 0 unspecified atom stereocenters. The Kier molecular flexibility index (Phi) is 4.58. The monoisotopic (exact) mass is 340 g/mol. The molecule has 0 aliphatic rings. The van der Waals surface area contributed by atoms with E-state index in [0.29, 0.717) is 22.1 Å². The molecule has 2 N–H and O–H groups in total. The summed E-state index contributed by atoms with van der Waals surface area (Å²) in [6.07, 6.45) is 1.55. The molecular formula is C19H17ClN2O2. The average Bonchev–Trinajstić information content (AvgIpc) is 2.98. The molecule has 0 amide bonds. The largest absolute Gasteiger partial charge is 0.462 e.